The van der Waals surface area contributed by atoms with Gasteiger partial charge in [0.05, 0.1) is 30.6 Å². The van der Waals surface area contributed by atoms with E-state index in [4.69, 9.17) is 17.0 Å². The van der Waals surface area contributed by atoms with Gasteiger partial charge in [0.1, 0.15) is 5.75 Å². The number of amides is 1. The molecule has 2 atom stereocenters. The number of carbonyl (C=O) groups is 1. The van der Waals surface area contributed by atoms with E-state index in [1.54, 1.807) is 13.3 Å². The summed E-state index contributed by atoms with van der Waals surface area (Å²) in [5.74, 6) is 0.523. The number of aromatic nitrogens is 2. The first-order valence-electron chi connectivity index (χ1n) is 13.5. The molecule has 206 valence electrons. The van der Waals surface area contributed by atoms with E-state index in [-0.39, 0.29) is 24.4 Å². The maximum atomic E-state index is 13.0. The van der Waals surface area contributed by atoms with Crippen molar-refractivity contribution < 1.29 is 9.53 Å². The minimum atomic E-state index is -0.154. The highest BCUT2D eigenvalue weighted by molar-refractivity contribution is 7.80. The van der Waals surface area contributed by atoms with Gasteiger partial charge >= 0.3 is 0 Å². The minimum absolute atomic E-state index is 0.104. The van der Waals surface area contributed by atoms with Crippen molar-refractivity contribution in [2.45, 2.75) is 46.2 Å². The predicted molar refractivity (Wildman–Crippen MR) is 163 cm³/mol. The van der Waals surface area contributed by atoms with Crippen molar-refractivity contribution in [1.82, 2.24) is 19.8 Å². The fourth-order valence-electron chi connectivity index (χ4n) is 5.59. The number of nitrogens with zero attached hydrogens (tertiary/aromatic N) is 3. The molecule has 5 rings (SSSR count). The predicted octanol–water partition coefficient (Wildman–Crippen LogP) is 6.12. The van der Waals surface area contributed by atoms with Gasteiger partial charge in [0.15, 0.2) is 5.11 Å². The Hall–Kier alpha value is -4.17. The molecule has 4 aromatic rings. The summed E-state index contributed by atoms with van der Waals surface area (Å²) in [4.78, 5) is 19.8. The monoisotopic (exact) mass is 553 g/mol. The van der Waals surface area contributed by atoms with Crippen LogP contribution in [0.5, 0.6) is 5.75 Å². The number of ether oxygens (including phenoxy) is 1. The highest BCUT2D eigenvalue weighted by Gasteiger charge is 2.41. The lowest BCUT2D eigenvalue weighted by Crippen LogP contribution is -2.33. The first kappa shape index (κ1) is 27.4. The third-order valence-electron chi connectivity index (χ3n) is 7.55. The second kappa shape index (κ2) is 11.5. The summed E-state index contributed by atoms with van der Waals surface area (Å²) in [6.45, 7) is 9.01. The fraction of sp³-hybridized carbons (Fsp3) is 0.281. The molecule has 0 radical (unpaired) electrons. The highest BCUT2D eigenvalue weighted by Crippen LogP contribution is 2.41. The lowest BCUT2D eigenvalue weighted by molar-refractivity contribution is -0.116. The van der Waals surface area contributed by atoms with Crippen molar-refractivity contribution in [3.63, 3.8) is 0 Å². The van der Waals surface area contributed by atoms with Crippen molar-refractivity contribution in [2.75, 3.05) is 19.0 Å². The van der Waals surface area contributed by atoms with Gasteiger partial charge < -0.3 is 24.8 Å². The van der Waals surface area contributed by atoms with E-state index in [1.165, 1.54) is 16.8 Å². The summed E-state index contributed by atoms with van der Waals surface area (Å²) >= 11 is 5.86. The molecule has 0 bridgehead atoms. The summed E-state index contributed by atoms with van der Waals surface area (Å²) in [7, 11) is 1.59. The third-order valence-corrected chi connectivity index (χ3v) is 7.91. The number of methoxy groups -OCH3 is 1. The molecule has 1 amide bonds. The number of hydrogen-bond donors (Lipinski definition) is 2. The zero-order valence-corrected chi connectivity index (χ0v) is 24.4. The van der Waals surface area contributed by atoms with Crippen LogP contribution < -0.4 is 15.4 Å². The van der Waals surface area contributed by atoms with Crippen LogP contribution in [0.25, 0.3) is 5.69 Å². The zero-order valence-electron chi connectivity index (χ0n) is 23.6. The molecular formula is C32H35N5O2S. The molecule has 0 aliphatic carbocycles. The summed E-state index contributed by atoms with van der Waals surface area (Å²) in [6.07, 6.45) is 2.07. The molecule has 0 spiro atoms. The zero-order chi connectivity index (χ0) is 28.4. The van der Waals surface area contributed by atoms with Crippen LogP contribution in [-0.2, 0) is 4.79 Å². The standard InChI is InChI=1S/C32H35N5O2S/c1-20-13-14-21(2)27(18-20)37-22(3)19-24(23(37)4)31-30(26-11-8-9-16-33-26)35-32(40)36(31)17-15-29(38)34-25-10-6-7-12-28(25)39-5/h6-14,16,18-19,30-31H,15,17H2,1-5H3,(H,34,38)(H,35,40). The van der Waals surface area contributed by atoms with Gasteiger partial charge in [0, 0.05) is 36.2 Å². The van der Waals surface area contributed by atoms with Crippen LogP contribution in [0.15, 0.2) is 72.9 Å². The summed E-state index contributed by atoms with van der Waals surface area (Å²) < 4.78 is 7.71. The SMILES string of the molecule is COc1ccccc1NC(=O)CCN1C(=S)NC(c2ccccn2)C1c1cc(C)n(-c2cc(C)ccc2C)c1C. The van der Waals surface area contributed by atoms with Gasteiger partial charge in [-0.1, -0.05) is 30.3 Å². The highest BCUT2D eigenvalue weighted by atomic mass is 32.1. The Morgan fingerprint density at radius 3 is 2.58 bits per heavy atom. The Bertz CT molecular complexity index is 1550. The van der Waals surface area contributed by atoms with Gasteiger partial charge in [0.25, 0.3) is 0 Å². The van der Waals surface area contributed by atoms with Gasteiger partial charge in [-0.05, 0) is 93.0 Å². The number of rotatable bonds is 8. The summed E-state index contributed by atoms with van der Waals surface area (Å²) in [6, 6.07) is 21.8. The van der Waals surface area contributed by atoms with Gasteiger partial charge in [-0.3, -0.25) is 9.78 Å². The molecule has 2 aromatic carbocycles. The van der Waals surface area contributed by atoms with Gasteiger partial charge in [-0.25, -0.2) is 0 Å². The largest absolute Gasteiger partial charge is 0.495 e. The van der Waals surface area contributed by atoms with E-state index in [2.05, 4.69) is 77.0 Å². The van der Waals surface area contributed by atoms with E-state index in [0.29, 0.717) is 23.1 Å². The minimum Gasteiger partial charge on any atom is -0.495 e. The van der Waals surface area contributed by atoms with E-state index >= 15 is 0 Å². The Balaban J connectivity index is 1.49. The van der Waals surface area contributed by atoms with E-state index in [1.807, 2.05) is 42.5 Å². The summed E-state index contributed by atoms with van der Waals surface area (Å²) in [5.41, 5.74) is 8.61. The first-order chi connectivity index (χ1) is 19.3. The van der Waals surface area contributed by atoms with Crippen LogP contribution >= 0.6 is 12.2 Å². The second-order valence-electron chi connectivity index (χ2n) is 10.3. The maximum absolute atomic E-state index is 13.0. The Labute approximate surface area is 241 Å². The van der Waals surface area contributed by atoms with Crippen LogP contribution in [0.3, 0.4) is 0 Å². The molecule has 0 saturated carbocycles. The number of nitrogens with one attached hydrogen (secondary N) is 2. The van der Waals surface area contributed by atoms with Crippen LogP contribution in [0, 0.1) is 27.7 Å². The average molecular weight is 554 g/mol. The second-order valence-corrected chi connectivity index (χ2v) is 10.7. The molecule has 40 heavy (non-hydrogen) atoms. The molecule has 7 nitrogen and oxygen atoms in total. The topological polar surface area (TPSA) is 71.4 Å². The molecule has 2 unspecified atom stereocenters. The molecule has 1 aliphatic heterocycles. The first-order valence-corrected chi connectivity index (χ1v) is 13.9. The Morgan fingerprint density at radius 2 is 1.82 bits per heavy atom. The lowest BCUT2D eigenvalue weighted by atomic mass is 9.96. The number of anilines is 1. The van der Waals surface area contributed by atoms with Crippen molar-refractivity contribution in [3.8, 4) is 11.4 Å². The Kier molecular flexibility index (Phi) is 7.89. The van der Waals surface area contributed by atoms with Gasteiger partial charge in [-0.15, -0.1) is 0 Å². The number of pyridine rings is 1. The molecule has 1 fully saturated rings. The van der Waals surface area contributed by atoms with Gasteiger partial charge in [0.2, 0.25) is 5.91 Å². The number of aryl methyl sites for hydroxylation is 3. The lowest BCUT2D eigenvalue weighted by Gasteiger charge is -2.28. The van der Waals surface area contributed by atoms with Crippen LogP contribution in [-0.4, -0.2) is 39.1 Å². The van der Waals surface area contributed by atoms with E-state index < -0.39 is 0 Å². The molecule has 3 heterocycles. The molecular weight excluding hydrogens is 518 g/mol. The molecule has 2 aromatic heterocycles. The van der Waals surface area contributed by atoms with Crippen molar-refractivity contribution in [1.29, 1.82) is 0 Å². The fourth-order valence-corrected chi connectivity index (χ4v) is 5.92. The van der Waals surface area contributed by atoms with Crippen molar-refractivity contribution in [3.05, 3.63) is 107 Å². The quantitative estimate of drug-likeness (QED) is 0.256. The van der Waals surface area contributed by atoms with Crippen molar-refractivity contribution >= 4 is 28.9 Å². The van der Waals surface area contributed by atoms with E-state index in [9.17, 15) is 4.79 Å². The average Bonchev–Trinajstić information content (AvgIpc) is 3.43. The van der Waals surface area contributed by atoms with Crippen molar-refractivity contribution in [2.24, 2.45) is 0 Å². The number of para-hydroxylation sites is 2. The maximum Gasteiger partial charge on any atom is 0.226 e. The third kappa shape index (κ3) is 5.31. The summed E-state index contributed by atoms with van der Waals surface area (Å²) in [5, 5.41) is 7.11. The molecule has 2 N–H and O–H groups in total. The molecule has 1 aliphatic rings. The number of hydrogen-bond acceptors (Lipinski definition) is 4. The number of benzene rings is 2. The number of thiocarbonyl (C=S) groups is 1. The van der Waals surface area contributed by atoms with Crippen LogP contribution in [0.4, 0.5) is 5.69 Å². The molecule has 8 heteroatoms. The number of carbonyl (C=O) groups excluding carboxylic acids is 1. The van der Waals surface area contributed by atoms with E-state index in [0.717, 1.165) is 22.6 Å². The molecule has 1 saturated heterocycles. The smallest absolute Gasteiger partial charge is 0.226 e. The van der Waals surface area contributed by atoms with Crippen LogP contribution in [0.2, 0.25) is 0 Å². The normalized spacial score (nSPS) is 16.6. The van der Waals surface area contributed by atoms with Crippen LogP contribution in [0.1, 0.15) is 52.3 Å². The Morgan fingerprint density at radius 1 is 1.05 bits per heavy atom. The van der Waals surface area contributed by atoms with Gasteiger partial charge in [-0.2, -0.15) is 0 Å².